The number of hydrogen-bond acceptors (Lipinski definition) is 8. The van der Waals surface area contributed by atoms with Gasteiger partial charge in [0.25, 0.3) is 17.1 Å². The van der Waals surface area contributed by atoms with E-state index in [1.54, 1.807) is 0 Å². The summed E-state index contributed by atoms with van der Waals surface area (Å²) in [6.45, 7) is 0.0909. The maximum atomic E-state index is 12.5. The standard InChI is InChI=1S/C15H9N5O4S/c21-15-10-4-3-9(20(22)23)6-11(10)16-8-19(15)7-13-17-14(24-18-13)12-2-1-5-25-12/h1-6,8H,7H2. The Morgan fingerprint density at radius 3 is 2.96 bits per heavy atom. The highest BCUT2D eigenvalue weighted by atomic mass is 32.1. The van der Waals surface area contributed by atoms with Crippen molar-refractivity contribution in [2.24, 2.45) is 0 Å². The van der Waals surface area contributed by atoms with Gasteiger partial charge >= 0.3 is 0 Å². The molecule has 4 rings (SSSR count). The molecule has 9 nitrogen and oxygen atoms in total. The molecule has 0 bridgehead atoms. The molecule has 0 unspecified atom stereocenters. The summed E-state index contributed by atoms with van der Waals surface area (Å²) in [7, 11) is 0. The second kappa shape index (κ2) is 5.91. The smallest absolute Gasteiger partial charge is 0.271 e. The van der Waals surface area contributed by atoms with Crippen molar-refractivity contribution in [1.29, 1.82) is 0 Å². The van der Waals surface area contributed by atoms with Crippen molar-refractivity contribution in [3.05, 3.63) is 68.3 Å². The zero-order valence-electron chi connectivity index (χ0n) is 12.5. The number of fused-ring (bicyclic) bond motifs is 1. The monoisotopic (exact) mass is 355 g/mol. The minimum Gasteiger partial charge on any atom is -0.333 e. The van der Waals surface area contributed by atoms with Crippen LogP contribution in [0.2, 0.25) is 0 Å². The number of aromatic nitrogens is 4. The Balaban J connectivity index is 1.68. The third-order valence-corrected chi connectivity index (χ3v) is 4.39. The largest absolute Gasteiger partial charge is 0.333 e. The Morgan fingerprint density at radius 2 is 2.20 bits per heavy atom. The first-order chi connectivity index (χ1) is 12.1. The number of rotatable bonds is 4. The first kappa shape index (κ1) is 15.1. The van der Waals surface area contributed by atoms with Crippen LogP contribution in [0.5, 0.6) is 0 Å². The molecule has 4 aromatic rings. The summed E-state index contributed by atoms with van der Waals surface area (Å²) in [6.07, 6.45) is 1.32. The van der Waals surface area contributed by atoms with Crippen molar-refractivity contribution in [2.45, 2.75) is 6.54 Å². The van der Waals surface area contributed by atoms with Crippen LogP contribution in [0.15, 0.2) is 51.4 Å². The van der Waals surface area contributed by atoms with E-state index in [1.165, 1.54) is 40.4 Å². The molecule has 0 saturated carbocycles. The molecule has 124 valence electrons. The number of nitro groups is 1. The lowest BCUT2D eigenvalue weighted by molar-refractivity contribution is -0.384. The van der Waals surface area contributed by atoms with E-state index in [2.05, 4.69) is 15.1 Å². The SMILES string of the molecule is O=c1c2ccc([N+](=O)[O-])cc2ncn1Cc1noc(-c2cccs2)n1. The molecule has 3 heterocycles. The van der Waals surface area contributed by atoms with Crippen molar-refractivity contribution < 1.29 is 9.45 Å². The van der Waals surface area contributed by atoms with Gasteiger partial charge < -0.3 is 4.52 Å². The predicted molar refractivity (Wildman–Crippen MR) is 89.4 cm³/mol. The molecule has 1 aromatic carbocycles. The van der Waals surface area contributed by atoms with Crippen LogP contribution in [-0.4, -0.2) is 24.6 Å². The van der Waals surface area contributed by atoms with Crippen molar-refractivity contribution in [2.75, 3.05) is 0 Å². The van der Waals surface area contributed by atoms with Crippen LogP contribution in [0.25, 0.3) is 21.7 Å². The van der Waals surface area contributed by atoms with Gasteiger partial charge in [-0.25, -0.2) is 4.98 Å². The highest BCUT2D eigenvalue weighted by Gasteiger charge is 2.13. The zero-order valence-corrected chi connectivity index (χ0v) is 13.3. The fourth-order valence-electron chi connectivity index (χ4n) is 2.34. The van der Waals surface area contributed by atoms with Gasteiger partial charge in [0.1, 0.15) is 0 Å². The number of benzene rings is 1. The first-order valence-corrected chi connectivity index (χ1v) is 8.00. The fourth-order valence-corrected chi connectivity index (χ4v) is 2.99. The minimum absolute atomic E-state index is 0.0909. The van der Waals surface area contributed by atoms with E-state index in [-0.39, 0.29) is 28.7 Å². The summed E-state index contributed by atoms with van der Waals surface area (Å²) in [5.74, 6) is 0.732. The molecule has 10 heteroatoms. The van der Waals surface area contributed by atoms with Crippen LogP contribution in [-0.2, 0) is 6.54 Å². The van der Waals surface area contributed by atoms with E-state index in [0.717, 1.165) is 4.88 Å². The average molecular weight is 355 g/mol. The molecule has 0 aliphatic carbocycles. The van der Waals surface area contributed by atoms with Gasteiger partial charge in [-0.05, 0) is 17.5 Å². The summed E-state index contributed by atoms with van der Waals surface area (Å²) in [5, 5.41) is 16.9. The van der Waals surface area contributed by atoms with Crippen molar-refractivity contribution in [1.82, 2.24) is 19.7 Å². The van der Waals surface area contributed by atoms with E-state index >= 15 is 0 Å². The Kier molecular flexibility index (Phi) is 3.58. The lowest BCUT2D eigenvalue weighted by atomic mass is 10.2. The lowest BCUT2D eigenvalue weighted by Gasteiger charge is -2.03. The van der Waals surface area contributed by atoms with Crippen LogP contribution < -0.4 is 5.56 Å². The quantitative estimate of drug-likeness (QED) is 0.407. The molecular formula is C15H9N5O4S. The molecular weight excluding hydrogens is 346 g/mol. The Hall–Kier alpha value is -3.40. The van der Waals surface area contributed by atoms with Gasteiger partial charge in [0.15, 0.2) is 5.82 Å². The number of hydrogen-bond donors (Lipinski definition) is 0. The van der Waals surface area contributed by atoms with E-state index < -0.39 is 4.92 Å². The minimum atomic E-state index is -0.530. The summed E-state index contributed by atoms with van der Waals surface area (Å²) < 4.78 is 6.52. The molecule has 0 atom stereocenters. The Labute approximate surface area is 143 Å². The summed E-state index contributed by atoms with van der Waals surface area (Å²) in [5.41, 5.74) is -0.180. The zero-order chi connectivity index (χ0) is 17.4. The van der Waals surface area contributed by atoms with Crippen molar-refractivity contribution in [3.63, 3.8) is 0 Å². The topological polar surface area (TPSA) is 117 Å². The molecule has 0 saturated heterocycles. The van der Waals surface area contributed by atoms with Gasteiger partial charge in [0.05, 0.1) is 33.6 Å². The van der Waals surface area contributed by atoms with E-state index in [1.807, 2.05) is 17.5 Å². The Morgan fingerprint density at radius 1 is 1.32 bits per heavy atom. The molecule has 0 spiro atoms. The van der Waals surface area contributed by atoms with Gasteiger partial charge in [0, 0.05) is 12.1 Å². The normalized spacial score (nSPS) is 11.0. The summed E-state index contributed by atoms with van der Waals surface area (Å²) in [6, 6.07) is 7.68. The van der Waals surface area contributed by atoms with Crippen LogP contribution in [0.3, 0.4) is 0 Å². The maximum absolute atomic E-state index is 12.5. The van der Waals surface area contributed by atoms with Crippen LogP contribution in [0, 0.1) is 10.1 Å². The number of non-ortho nitro benzene ring substituents is 1. The summed E-state index contributed by atoms with van der Waals surface area (Å²) in [4.78, 5) is 32.0. The van der Waals surface area contributed by atoms with Crippen LogP contribution in [0.1, 0.15) is 5.82 Å². The number of nitro benzene ring substituents is 1. The van der Waals surface area contributed by atoms with Gasteiger partial charge in [-0.15, -0.1) is 11.3 Å². The van der Waals surface area contributed by atoms with Gasteiger partial charge in [-0.3, -0.25) is 19.5 Å². The van der Waals surface area contributed by atoms with E-state index in [0.29, 0.717) is 11.7 Å². The summed E-state index contributed by atoms with van der Waals surface area (Å²) >= 11 is 1.47. The van der Waals surface area contributed by atoms with Crippen LogP contribution >= 0.6 is 11.3 Å². The van der Waals surface area contributed by atoms with Crippen molar-refractivity contribution in [3.8, 4) is 10.8 Å². The average Bonchev–Trinajstić information content (AvgIpc) is 3.28. The highest BCUT2D eigenvalue weighted by Crippen LogP contribution is 2.22. The van der Waals surface area contributed by atoms with E-state index in [4.69, 9.17) is 4.52 Å². The molecule has 0 fully saturated rings. The van der Waals surface area contributed by atoms with Gasteiger partial charge in [0.2, 0.25) is 0 Å². The third kappa shape index (κ3) is 2.78. The molecule has 0 aliphatic rings. The molecule has 0 aliphatic heterocycles. The Bertz CT molecular complexity index is 1130. The second-order valence-electron chi connectivity index (χ2n) is 5.13. The first-order valence-electron chi connectivity index (χ1n) is 7.12. The molecule has 3 aromatic heterocycles. The van der Waals surface area contributed by atoms with Gasteiger partial charge in [-0.1, -0.05) is 11.2 Å². The molecule has 0 radical (unpaired) electrons. The molecule has 25 heavy (non-hydrogen) atoms. The maximum Gasteiger partial charge on any atom is 0.271 e. The van der Waals surface area contributed by atoms with Crippen molar-refractivity contribution >= 4 is 27.9 Å². The van der Waals surface area contributed by atoms with E-state index in [9.17, 15) is 14.9 Å². The highest BCUT2D eigenvalue weighted by molar-refractivity contribution is 7.13. The van der Waals surface area contributed by atoms with Crippen LogP contribution in [0.4, 0.5) is 5.69 Å². The predicted octanol–water partition coefficient (Wildman–Crippen LogP) is 2.46. The fraction of sp³-hybridized carbons (Fsp3) is 0.0667. The van der Waals surface area contributed by atoms with Gasteiger partial charge in [-0.2, -0.15) is 4.98 Å². The number of thiophene rings is 1. The second-order valence-corrected chi connectivity index (χ2v) is 6.08. The lowest BCUT2D eigenvalue weighted by Crippen LogP contribution is -2.21. The number of nitrogens with zero attached hydrogens (tertiary/aromatic N) is 5. The molecule has 0 N–H and O–H groups in total. The third-order valence-electron chi connectivity index (χ3n) is 3.53. The molecule has 0 amide bonds.